The molecule has 2 atom stereocenters. The van der Waals surface area contributed by atoms with E-state index >= 15 is 0 Å². The van der Waals surface area contributed by atoms with Gasteiger partial charge in [-0.15, -0.1) is 0 Å². The molecule has 0 fully saturated rings. The van der Waals surface area contributed by atoms with Crippen molar-refractivity contribution in [2.24, 2.45) is 11.8 Å². The molecule has 0 saturated carbocycles. The molecule has 0 saturated heterocycles. The van der Waals surface area contributed by atoms with Gasteiger partial charge in [0.25, 0.3) is 0 Å². The first-order valence-corrected chi connectivity index (χ1v) is 8.01. The van der Waals surface area contributed by atoms with Crippen LogP contribution in [0.4, 0.5) is 0 Å². The van der Waals surface area contributed by atoms with Crippen LogP contribution < -0.4 is 5.32 Å². The predicted molar refractivity (Wildman–Crippen MR) is 90.8 cm³/mol. The number of amides is 1. The topological polar surface area (TPSA) is 62.2 Å². The van der Waals surface area contributed by atoms with Crippen molar-refractivity contribution in [2.45, 2.75) is 19.8 Å². The number of aliphatic hydroxyl groups is 1. The molecule has 0 radical (unpaired) electrons. The molecule has 1 amide bonds. The van der Waals surface area contributed by atoms with Gasteiger partial charge in [-0.25, -0.2) is 0 Å². The molecule has 0 spiro atoms. The highest BCUT2D eigenvalue weighted by molar-refractivity contribution is 5.78. The first kappa shape index (κ1) is 17.2. The van der Waals surface area contributed by atoms with Crippen LogP contribution in [0.5, 0.6) is 0 Å². The van der Waals surface area contributed by atoms with Gasteiger partial charge in [0.15, 0.2) is 0 Å². The third-order valence-corrected chi connectivity index (χ3v) is 3.88. The molecule has 2 unspecified atom stereocenters. The molecule has 1 heterocycles. The smallest absolute Gasteiger partial charge is 0.223 e. The van der Waals surface area contributed by atoms with Crippen LogP contribution in [-0.2, 0) is 17.6 Å². The number of aliphatic hydroxyl groups excluding tert-OH is 1. The second-order valence-corrected chi connectivity index (χ2v) is 5.91. The van der Waals surface area contributed by atoms with Crippen molar-refractivity contribution in [3.8, 4) is 0 Å². The average Bonchev–Trinajstić information content (AvgIpc) is 2.60. The fourth-order valence-electron chi connectivity index (χ4n) is 2.50. The van der Waals surface area contributed by atoms with E-state index in [4.69, 9.17) is 0 Å². The Kier molecular flexibility index (Phi) is 6.76. The number of benzene rings is 1. The Hall–Kier alpha value is -2.20. The highest BCUT2D eigenvalue weighted by Crippen LogP contribution is 2.09. The molecule has 23 heavy (non-hydrogen) atoms. The second-order valence-electron chi connectivity index (χ2n) is 5.91. The van der Waals surface area contributed by atoms with Gasteiger partial charge in [0, 0.05) is 36.9 Å². The van der Waals surface area contributed by atoms with Crippen molar-refractivity contribution in [3.63, 3.8) is 0 Å². The summed E-state index contributed by atoms with van der Waals surface area (Å²) in [6, 6.07) is 15.7. The molecule has 2 aromatic rings. The van der Waals surface area contributed by atoms with E-state index in [0.717, 1.165) is 17.7 Å². The minimum absolute atomic E-state index is 0.0159. The SMILES string of the molecule is CC(Cc1ccccc1)C(=O)NCC(CO)Cc1ccccn1. The first-order valence-electron chi connectivity index (χ1n) is 8.01. The van der Waals surface area contributed by atoms with Gasteiger partial charge in [-0.05, 0) is 30.5 Å². The zero-order chi connectivity index (χ0) is 16.5. The van der Waals surface area contributed by atoms with E-state index in [0.29, 0.717) is 13.0 Å². The summed E-state index contributed by atoms with van der Waals surface area (Å²) < 4.78 is 0. The van der Waals surface area contributed by atoms with Gasteiger partial charge in [-0.3, -0.25) is 9.78 Å². The zero-order valence-electron chi connectivity index (χ0n) is 13.5. The Balaban J connectivity index is 1.79. The lowest BCUT2D eigenvalue weighted by Gasteiger charge is -2.17. The van der Waals surface area contributed by atoms with Crippen molar-refractivity contribution in [3.05, 3.63) is 66.0 Å². The normalized spacial score (nSPS) is 13.3. The molecule has 0 aliphatic heterocycles. The lowest BCUT2D eigenvalue weighted by atomic mass is 9.99. The summed E-state index contributed by atoms with van der Waals surface area (Å²) in [6.45, 7) is 2.42. The fourth-order valence-corrected chi connectivity index (χ4v) is 2.50. The molecule has 2 N–H and O–H groups in total. The van der Waals surface area contributed by atoms with Gasteiger partial charge in [-0.1, -0.05) is 43.3 Å². The van der Waals surface area contributed by atoms with Crippen LogP contribution in [0.1, 0.15) is 18.2 Å². The first-order chi connectivity index (χ1) is 11.2. The lowest BCUT2D eigenvalue weighted by molar-refractivity contribution is -0.124. The fraction of sp³-hybridized carbons (Fsp3) is 0.368. The monoisotopic (exact) mass is 312 g/mol. The highest BCUT2D eigenvalue weighted by atomic mass is 16.3. The van der Waals surface area contributed by atoms with Crippen molar-refractivity contribution >= 4 is 5.91 Å². The Morgan fingerprint density at radius 2 is 1.87 bits per heavy atom. The predicted octanol–water partition coefficient (Wildman–Crippen LogP) is 2.23. The van der Waals surface area contributed by atoms with Crippen LogP contribution in [0.3, 0.4) is 0 Å². The van der Waals surface area contributed by atoms with Gasteiger partial charge >= 0.3 is 0 Å². The van der Waals surface area contributed by atoms with Crippen LogP contribution in [0.15, 0.2) is 54.7 Å². The number of rotatable bonds is 8. The van der Waals surface area contributed by atoms with E-state index in [-0.39, 0.29) is 24.3 Å². The summed E-state index contributed by atoms with van der Waals surface area (Å²) in [5.41, 5.74) is 2.08. The molecule has 0 bridgehead atoms. The summed E-state index contributed by atoms with van der Waals surface area (Å²) in [5.74, 6) is -0.0855. The van der Waals surface area contributed by atoms with Crippen molar-refractivity contribution in [1.82, 2.24) is 10.3 Å². The number of hydrogen-bond donors (Lipinski definition) is 2. The summed E-state index contributed by atoms with van der Waals surface area (Å²) in [6.07, 6.45) is 3.12. The van der Waals surface area contributed by atoms with Crippen LogP contribution in [-0.4, -0.2) is 29.1 Å². The maximum atomic E-state index is 12.2. The number of hydrogen-bond acceptors (Lipinski definition) is 3. The van der Waals surface area contributed by atoms with Crippen molar-refractivity contribution < 1.29 is 9.90 Å². The van der Waals surface area contributed by atoms with Crippen LogP contribution in [0.25, 0.3) is 0 Å². The number of pyridine rings is 1. The largest absolute Gasteiger partial charge is 0.396 e. The summed E-state index contributed by atoms with van der Waals surface area (Å²) in [7, 11) is 0. The molecule has 4 nitrogen and oxygen atoms in total. The average molecular weight is 312 g/mol. The molecular formula is C19H24N2O2. The number of nitrogens with one attached hydrogen (secondary N) is 1. The number of carbonyl (C=O) groups excluding carboxylic acids is 1. The number of aromatic nitrogens is 1. The van der Waals surface area contributed by atoms with Crippen LogP contribution >= 0.6 is 0 Å². The third kappa shape index (κ3) is 5.83. The lowest BCUT2D eigenvalue weighted by Crippen LogP contribution is -2.36. The van der Waals surface area contributed by atoms with Crippen LogP contribution in [0.2, 0.25) is 0 Å². The van der Waals surface area contributed by atoms with Crippen LogP contribution in [0, 0.1) is 11.8 Å². The standard InChI is InChI=1S/C19H24N2O2/c1-15(11-16-7-3-2-4-8-16)19(23)21-13-17(14-22)12-18-9-5-6-10-20-18/h2-10,15,17,22H,11-14H2,1H3,(H,21,23). The maximum absolute atomic E-state index is 12.2. The van der Waals surface area contributed by atoms with E-state index in [1.54, 1.807) is 6.20 Å². The minimum atomic E-state index is -0.0911. The number of nitrogens with zero attached hydrogens (tertiary/aromatic N) is 1. The van der Waals surface area contributed by atoms with E-state index < -0.39 is 0 Å². The molecule has 4 heteroatoms. The van der Waals surface area contributed by atoms with Gasteiger partial charge in [0.2, 0.25) is 5.91 Å². The third-order valence-electron chi connectivity index (χ3n) is 3.88. The van der Waals surface area contributed by atoms with Gasteiger partial charge in [0.05, 0.1) is 0 Å². The van der Waals surface area contributed by atoms with E-state index in [9.17, 15) is 9.90 Å². The Morgan fingerprint density at radius 1 is 1.13 bits per heavy atom. The molecule has 1 aromatic carbocycles. The molecule has 0 aliphatic carbocycles. The highest BCUT2D eigenvalue weighted by Gasteiger charge is 2.16. The molecule has 2 rings (SSSR count). The van der Waals surface area contributed by atoms with Crippen molar-refractivity contribution in [1.29, 1.82) is 0 Å². The van der Waals surface area contributed by atoms with Gasteiger partial charge in [0.1, 0.15) is 0 Å². The second kappa shape index (κ2) is 9.06. The molecular weight excluding hydrogens is 288 g/mol. The Bertz CT molecular complexity index is 587. The van der Waals surface area contributed by atoms with Gasteiger partial charge < -0.3 is 10.4 Å². The zero-order valence-corrected chi connectivity index (χ0v) is 13.5. The summed E-state index contributed by atoms with van der Waals surface area (Å²) >= 11 is 0. The van der Waals surface area contributed by atoms with E-state index in [1.165, 1.54) is 0 Å². The Labute approximate surface area is 137 Å². The number of carbonyl (C=O) groups is 1. The molecule has 0 aliphatic rings. The van der Waals surface area contributed by atoms with E-state index in [1.807, 2.05) is 55.5 Å². The van der Waals surface area contributed by atoms with E-state index in [2.05, 4.69) is 10.3 Å². The van der Waals surface area contributed by atoms with Crippen molar-refractivity contribution in [2.75, 3.05) is 13.2 Å². The van der Waals surface area contributed by atoms with Gasteiger partial charge in [-0.2, -0.15) is 0 Å². The summed E-state index contributed by atoms with van der Waals surface area (Å²) in [4.78, 5) is 16.5. The Morgan fingerprint density at radius 3 is 2.52 bits per heavy atom. The maximum Gasteiger partial charge on any atom is 0.223 e. The molecule has 122 valence electrons. The summed E-state index contributed by atoms with van der Waals surface area (Å²) in [5, 5.41) is 12.4. The molecule has 1 aromatic heterocycles. The quantitative estimate of drug-likeness (QED) is 0.786. The minimum Gasteiger partial charge on any atom is -0.396 e.